The van der Waals surface area contributed by atoms with Crippen molar-refractivity contribution in [2.45, 2.75) is 31.3 Å². The number of anilines is 1. The van der Waals surface area contributed by atoms with Gasteiger partial charge in [0.1, 0.15) is 11.3 Å². The third-order valence-corrected chi connectivity index (χ3v) is 3.81. The van der Waals surface area contributed by atoms with Gasteiger partial charge in [0.15, 0.2) is 9.84 Å². The standard InChI is InChI=1S/C14H21N3O6S/c1-14(2,3)23-13(18)16-8-7-15-11-9-10(24(4,21)22)5-6-12(11)17(19)20/h5-6,9,15H,7-8H2,1-4H3,(H,16,18). The van der Waals surface area contributed by atoms with Gasteiger partial charge in [0.25, 0.3) is 5.69 Å². The largest absolute Gasteiger partial charge is 0.444 e. The summed E-state index contributed by atoms with van der Waals surface area (Å²) in [7, 11) is -3.48. The van der Waals surface area contributed by atoms with Crippen molar-refractivity contribution in [1.29, 1.82) is 0 Å². The minimum Gasteiger partial charge on any atom is -0.444 e. The lowest BCUT2D eigenvalue weighted by atomic mass is 10.2. The molecule has 1 rings (SSSR count). The number of ether oxygens (including phenoxy) is 1. The van der Waals surface area contributed by atoms with E-state index in [0.29, 0.717) is 0 Å². The zero-order valence-electron chi connectivity index (χ0n) is 14.0. The molecule has 10 heteroatoms. The van der Waals surface area contributed by atoms with Crippen molar-refractivity contribution in [3.8, 4) is 0 Å². The number of nitro groups is 1. The van der Waals surface area contributed by atoms with Crippen LogP contribution in [-0.4, -0.2) is 44.4 Å². The Kier molecular flexibility index (Phi) is 6.13. The molecule has 1 aromatic rings. The first kappa shape index (κ1) is 19.7. The van der Waals surface area contributed by atoms with Gasteiger partial charge in [0.2, 0.25) is 0 Å². The highest BCUT2D eigenvalue weighted by Crippen LogP contribution is 2.27. The predicted molar refractivity (Wildman–Crippen MR) is 88.9 cm³/mol. The van der Waals surface area contributed by atoms with Gasteiger partial charge in [-0.1, -0.05) is 0 Å². The van der Waals surface area contributed by atoms with Crippen molar-refractivity contribution in [2.75, 3.05) is 24.7 Å². The van der Waals surface area contributed by atoms with Gasteiger partial charge in [0, 0.05) is 25.4 Å². The van der Waals surface area contributed by atoms with E-state index in [4.69, 9.17) is 4.74 Å². The van der Waals surface area contributed by atoms with Crippen LogP contribution in [0, 0.1) is 10.1 Å². The van der Waals surface area contributed by atoms with E-state index in [1.165, 1.54) is 12.1 Å². The van der Waals surface area contributed by atoms with Gasteiger partial charge >= 0.3 is 6.09 Å². The van der Waals surface area contributed by atoms with Crippen LogP contribution in [0.15, 0.2) is 23.1 Å². The van der Waals surface area contributed by atoms with Crippen LogP contribution in [0.3, 0.4) is 0 Å². The molecule has 0 saturated carbocycles. The van der Waals surface area contributed by atoms with Crippen LogP contribution < -0.4 is 10.6 Å². The Balaban J connectivity index is 2.73. The van der Waals surface area contributed by atoms with Crippen molar-refractivity contribution in [3.05, 3.63) is 28.3 Å². The van der Waals surface area contributed by atoms with Crippen LogP contribution in [0.1, 0.15) is 20.8 Å². The van der Waals surface area contributed by atoms with Gasteiger partial charge in [-0.2, -0.15) is 0 Å². The first-order valence-electron chi connectivity index (χ1n) is 7.09. The Bertz CT molecular complexity index is 725. The zero-order chi connectivity index (χ0) is 18.5. The van der Waals surface area contributed by atoms with Crippen molar-refractivity contribution < 1.29 is 22.9 Å². The molecule has 2 N–H and O–H groups in total. The molecule has 0 spiro atoms. The molecule has 134 valence electrons. The lowest BCUT2D eigenvalue weighted by Crippen LogP contribution is -2.35. The van der Waals surface area contributed by atoms with E-state index < -0.39 is 26.5 Å². The van der Waals surface area contributed by atoms with Crippen LogP contribution in [0.25, 0.3) is 0 Å². The van der Waals surface area contributed by atoms with Gasteiger partial charge in [-0.25, -0.2) is 13.2 Å². The monoisotopic (exact) mass is 359 g/mol. The van der Waals surface area contributed by atoms with E-state index in [-0.39, 0.29) is 29.4 Å². The van der Waals surface area contributed by atoms with Crippen LogP contribution in [0.2, 0.25) is 0 Å². The number of benzene rings is 1. The summed E-state index contributed by atoms with van der Waals surface area (Å²) in [5.41, 5.74) is -0.811. The maximum Gasteiger partial charge on any atom is 0.407 e. The lowest BCUT2D eigenvalue weighted by molar-refractivity contribution is -0.384. The lowest BCUT2D eigenvalue weighted by Gasteiger charge is -2.19. The smallest absolute Gasteiger partial charge is 0.407 e. The average molecular weight is 359 g/mol. The summed E-state index contributed by atoms with van der Waals surface area (Å²) in [6, 6.07) is 3.50. The number of alkyl carbamates (subject to hydrolysis) is 1. The number of amides is 1. The van der Waals surface area contributed by atoms with Crippen molar-refractivity contribution in [1.82, 2.24) is 5.32 Å². The zero-order valence-corrected chi connectivity index (χ0v) is 14.8. The number of rotatable bonds is 6. The third-order valence-electron chi connectivity index (χ3n) is 2.70. The fourth-order valence-electron chi connectivity index (χ4n) is 1.72. The van der Waals surface area contributed by atoms with Gasteiger partial charge in [-0.15, -0.1) is 0 Å². The van der Waals surface area contributed by atoms with E-state index in [1.54, 1.807) is 20.8 Å². The molecule has 0 aliphatic rings. The van der Waals surface area contributed by atoms with Gasteiger partial charge in [-0.3, -0.25) is 10.1 Å². The van der Waals surface area contributed by atoms with Crippen molar-refractivity contribution >= 4 is 27.3 Å². The summed E-state index contributed by atoms with van der Waals surface area (Å²) in [4.78, 5) is 21.8. The first-order valence-corrected chi connectivity index (χ1v) is 8.98. The summed E-state index contributed by atoms with van der Waals surface area (Å²) >= 11 is 0. The molecule has 0 aromatic heterocycles. The van der Waals surface area contributed by atoms with Gasteiger partial charge in [0.05, 0.1) is 9.82 Å². The Morgan fingerprint density at radius 2 is 1.92 bits per heavy atom. The first-order chi connectivity index (χ1) is 10.9. The van der Waals surface area contributed by atoms with Crippen LogP contribution in [0.5, 0.6) is 0 Å². The number of nitrogens with zero attached hydrogens (tertiary/aromatic N) is 1. The quantitative estimate of drug-likeness (QED) is 0.451. The molecule has 0 atom stereocenters. The number of carbonyl (C=O) groups is 1. The minimum absolute atomic E-state index is 0.0318. The molecule has 0 aliphatic carbocycles. The number of nitrogens with one attached hydrogen (secondary N) is 2. The summed E-state index contributed by atoms with van der Waals surface area (Å²) in [6.45, 7) is 5.49. The Labute approximate surface area is 140 Å². The topological polar surface area (TPSA) is 128 Å². The van der Waals surface area contributed by atoms with Crippen LogP contribution in [-0.2, 0) is 14.6 Å². The molecular formula is C14H21N3O6S. The van der Waals surface area contributed by atoms with Gasteiger partial charge < -0.3 is 15.4 Å². The highest BCUT2D eigenvalue weighted by Gasteiger charge is 2.18. The second-order valence-electron chi connectivity index (χ2n) is 6.06. The molecule has 9 nitrogen and oxygen atoms in total. The molecule has 0 aliphatic heterocycles. The SMILES string of the molecule is CC(C)(C)OC(=O)NCCNc1cc(S(C)(=O)=O)ccc1[N+](=O)[O-]. The summed E-state index contributed by atoms with van der Waals surface area (Å²) in [5.74, 6) is 0. The second-order valence-corrected chi connectivity index (χ2v) is 8.08. The van der Waals surface area contributed by atoms with Crippen LogP contribution in [0.4, 0.5) is 16.2 Å². The van der Waals surface area contributed by atoms with Crippen LogP contribution >= 0.6 is 0 Å². The summed E-state index contributed by atoms with van der Waals surface area (Å²) in [6.07, 6.45) is 0.408. The van der Waals surface area contributed by atoms with E-state index in [9.17, 15) is 23.3 Å². The second kappa shape index (κ2) is 7.47. The maximum absolute atomic E-state index is 11.5. The molecule has 0 radical (unpaired) electrons. The van der Waals surface area contributed by atoms with Crippen molar-refractivity contribution in [3.63, 3.8) is 0 Å². The molecule has 1 aromatic carbocycles. The number of sulfone groups is 1. The minimum atomic E-state index is -3.48. The molecule has 0 heterocycles. The highest BCUT2D eigenvalue weighted by atomic mass is 32.2. The number of carbonyl (C=O) groups excluding carboxylic acids is 1. The van der Waals surface area contributed by atoms with E-state index >= 15 is 0 Å². The summed E-state index contributed by atoms with van der Waals surface area (Å²) < 4.78 is 28.1. The molecule has 1 amide bonds. The molecular weight excluding hydrogens is 338 g/mol. The molecule has 0 bridgehead atoms. The average Bonchev–Trinajstić information content (AvgIpc) is 2.40. The Morgan fingerprint density at radius 3 is 2.42 bits per heavy atom. The molecule has 24 heavy (non-hydrogen) atoms. The fourth-order valence-corrected chi connectivity index (χ4v) is 2.37. The van der Waals surface area contributed by atoms with E-state index in [2.05, 4.69) is 10.6 Å². The number of hydrogen-bond donors (Lipinski definition) is 2. The number of hydrogen-bond acceptors (Lipinski definition) is 7. The molecule has 0 fully saturated rings. The predicted octanol–water partition coefficient (Wildman–Crippen LogP) is 1.93. The van der Waals surface area contributed by atoms with E-state index in [1.807, 2.05) is 0 Å². The molecule has 0 saturated heterocycles. The fraction of sp³-hybridized carbons (Fsp3) is 0.500. The third kappa shape index (κ3) is 6.41. The molecule has 0 unspecified atom stereocenters. The van der Waals surface area contributed by atoms with Gasteiger partial charge in [-0.05, 0) is 32.9 Å². The highest BCUT2D eigenvalue weighted by molar-refractivity contribution is 7.90. The van der Waals surface area contributed by atoms with E-state index in [0.717, 1.165) is 12.3 Å². The van der Waals surface area contributed by atoms with Crippen molar-refractivity contribution in [2.24, 2.45) is 0 Å². The Morgan fingerprint density at radius 1 is 1.29 bits per heavy atom. The maximum atomic E-state index is 11.5. The normalized spacial score (nSPS) is 11.7. The summed E-state index contributed by atoms with van der Waals surface area (Å²) in [5, 5.41) is 16.2. The number of nitro benzene ring substituents is 1. The Hall–Kier alpha value is -2.36.